The van der Waals surface area contributed by atoms with Crippen molar-refractivity contribution in [2.24, 2.45) is 5.92 Å². The van der Waals surface area contributed by atoms with Crippen molar-refractivity contribution in [2.75, 3.05) is 18.4 Å². The molecule has 2 rings (SSSR count). The first-order chi connectivity index (χ1) is 8.10. The number of H-pyrrole nitrogens is 1. The van der Waals surface area contributed by atoms with Crippen LogP contribution in [0.2, 0.25) is 0 Å². The van der Waals surface area contributed by atoms with Crippen LogP contribution in [0.5, 0.6) is 0 Å². The molecule has 1 aliphatic rings. The molecule has 17 heavy (non-hydrogen) atoms. The van der Waals surface area contributed by atoms with Gasteiger partial charge in [-0.1, -0.05) is 0 Å². The minimum absolute atomic E-state index is 0.0471. The number of carbonyl (C=O) groups excluding carboxylic acids is 2. The second-order valence-corrected chi connectivity index (χ2v) is 4.26. The van der Waals surface area contributed by atoms with Gasteiger partial charge in [0.25, 0.3) is 0 Å². The maximum Gasteiger partial charge on any atom is 0.230 e. The molecule has 1 aromatic rings. The van der Waals surface area contributed by atoms with E-state index in [1.807, 2.05) is 13.8 Å². The first-order valence-corrected chi connectivity index (χ1v) is 5.70. The summed E-state index contributed by atoms with van der Waals surface area (Å²) in [5.41, 5.74) is 0.887. The zero-order valence-electron chi connectivity index (χ0n) is 9.99. The number of likely N-dealkylation sites (tertiary alicyclic amines) is 1. The molecule has 0 spiro atoms. The van der Waals surface area contributed by atoms with Crippen molar-refractivity contribution in [3.05, 3.63) is 11.8 Å². The topological polar surface area (TPSA) is 78.1 Å². The lowest BCUT2D eigenvalue weighted by atomic mass is 10.1. The van der Waals surface area contributed by atoms with Gasteiger partial charge in [-0.15, -0.1) is 0 Å². The van der Waals surface area contributed by atoms with Crippen LogP contribution in [0.1, 0.15) is 19.0 Å². The van der Waals surface area contributed by atoms with E-state index in [4.69, 9.17) is 0 Å². The van der Waals surface area contributed by atoms with E-state index in [9.17, 15) is 9.59 Å². The largest absolute Gasteiger partial charge is 0.342 e. The lowest BCUT2D eigenvalue weighted by Crippen LogP contribution is -2.28. The van der Waals surface area contributed by atoms with E-state index >= 15 is 0 Å². The van der Waals surface area contributed by atoms with Crippen molar-refractivity contribution in [1.29, 1.82) is 0 Å². The van der Waals surface area contributed by atoms with Crippen LogP contribution >= 0.6 is 0 Å². The third-order valence-corrected chi connectivity index (χ3v) is 2.92. The van der Waals surface area contributed by atoms with Crippen molar-refractivity contribution < 1.29 is 9.59 Å². The Morgan fingerprint density at radius 3 is 3.00 bits per heavy atom. The van der Waals surface area contributed by atoms with E-state index in [1.54, 1.807) is 11.0 Å². The van der Waals surface area contributed by atoms with Gasteiger partial charge in [0.05, 0.1) is 5.92 Å². The summed E-state index contributed by atoms with van der Waals surface area (Å²) in [6.45, 7) is 4.94. The maximum atomic E-state index is 11.9. The van der Waals surface area contributed by atoms with Gasteiger partial charge in [-0.2, -0.15) is 5.10 Å². The highest BCUT2D eigenvalue weighted by Crippen LogP contribution is 2.19. The van der Waals surface area contributed by atoms with E-state index < -0.39 is 0 Å². The Hall–Kier alpha value is -1.85. The summed E-state index contributed by atoms with van der Waals surface area (Å²) in [5, 5.41) is 9.39. The van der Waals surface area contributed by atoms with Gasteiger partial charge >= 0.3 is 0 Å². The van der Waals surface area contributed by atoms with Gasteiger partial charge in [0, 0.05) is 31.3 Å². The molecule has 2 N–H and O–H groups in total. The molecule has 2 heterocycles. The number of aromatic amines is 1. The molecule has 0 radical (unpaired) electrons. The van der Waals surface area contributed by atoms with Gasteiger partial charge in [0.1, 0.15) is 0 Å². The van der Waals surface area contributed by atoms with Crippen LogP contribution in [0.4, 0.5) is 5.82 Å². The number of amides is 2. The Morgan fingerprint density at radius 1 is 1.71 bits per heavy atom. The summed E-state index contributed by atoms with van der Waals surface area (Å²) in [5.74, 6) is 0.154. The zero-order chi connectivity index (χ0) is 12.4. The van der Waals surface area contributed by atoms with Gasteiger partial charge in [0.15, 0.2) is 5.82 Å². The molecule has 1 aliphatic heterocycles. The number of aromatic nitrogens is 2. The molecule has 1 unspecified atom stereocenters. The summed E-state index contributed by atoms with van der Waals surface area (Å²) in [6, 6.07) is 1.76. The van der Waals surface area contributed by atoms with Crippen LogP contribution < -0.4 is 5.32 Å². The number of hydrogen-bond acceptors (Lipinski definition) is 3. The van der Waals surface area contributed by atoms with E-state index in [0.717, 1.165) is 5.69 Å². The highest BCUT2D eigenvalue weighted by atomic mass is 16.2. The highest BCUT2D eigenvalue weighted by molar-refractivity contribution is 5.96. The Morgan fingerprint density at radius 2 is 2.47 bits per heavy atom. The third-order valence-electron chi connectivity index (χ3n) is 2.92. The molecular formula is C11H16N4O2. The molecule has 2 amide bonds. The molecule has 0 saturated carbocycles. The van der Waals surface area contributed by atoms with E-state index in [0.29, 0.717) is 25.3 Å². The molecule has 92 valence electrons. The molecule has 1 fully saturated rings. The van der Waals surface area contributed by atoms with Crippen molar-refractivity contribution in [2.45, 2.75) is 20.3 Å². The number of hydrogen-bond donors (Lipinski definition) is 2. The number of rotatable bonds is 3. The van der Waals surface area contributed by atoms with E-state index in [1.165, 1.54) is 0 Å². The summed E-state index contributed by atoms with van der Waals surface area (Å²) in [7, 11) is 0. The number of aryl methyl sites for hydroxylation is 1. The Balaban J connectivity index is 1.95. The van der Waals surface area contributed by atoms with Crippen LogP contribution in [0, 0.1) is 12.8 Å². The first kappa shape index (κ1) is 11.6. The van der Waals surface area contributed by atoms with Gasteiger partial charge in [0.2, 0.25) is 11.8 Å². The number of nitrogens with zero attached hydrogens (tertiary/aromatic N) is 2. The van der Waals surface area contributed by atoms with Gasteiger partial charge < -0.3 is 10.2 Å². The quantitative estimate of drug-likeness (QED) is 0.803. The van der Waals surface area contributed by atoms with Gasteiger partial charge in [-0.25, -0.2) is 0 Å². The zero-order valence-corrected chi connectivity index (χ0v) is 9.99. The van der Waals surface area contributed by atoms with Crippen molar-refractivity contribution >= 4 is 17.6 Å². The van der Waals surface area contributed by atoms with E-state index in [2.05, 4.69) is 15.5 Å². The van der Waals surface area contributed by atoms with Crippen molar-refractivity contribution in [3.63, 3.8) is 0 Å². The van der Waals surface area contributed by atoms with Crippen molar-refractivity contribution in [1.82, 2.24) is 15.1 Å². The predicted molar refractivity (Wildman–Crippen MR) is 62.3 cm³/mol. The first-order valence-electron chi connectivity index (χ1n) is 5.70. The van der Waals surface area contributed by atoms with Crippen LogP contribution in [0.25, 0.3) is 0 Å². The third kappa shape index (κ3) is 2.46. The molecule has 6 heteroatoms. The van der Waals surface area contributed by atoms with Gasteiger partial charge in [-0.05, 0) is 13.8 Å². The minimum atomic E-state index is -0.264. The second kappa shape index (κ2) is 4.57. The van der Waals surface area contributed by atoms with Crippen molar-refractivity contribution in [3.8, 4) is 0 Å². The Bertz CT molecular complexity index is 440. The smallest absolute Gasteiger partial charge is 0.230 e. The minimum Gasteiger partial charge on any atom is -0.342 e. The normalized spacial score (nSPS) is 19.8. The standard InChI is InChI=1S/C11H16N4O2/c1-3-15-6-8(5-10(15)16)11(17)12-9-4-7(2)13-14-9/h4,8H,3,5-6H2,1-2H3,(H2,12,13,14,17). The summed E-state index contributed by atoms with van der Waals surface area (Å²) >= 11 is 0. The fourth-order valence-corrected chi connectivity index (χ4v) is 1.96. The molecule has 1 saturated heterocycles. The average molecular weight is 236 g/mol. The highest BCUT2D eigenvalue weighted by Gasteiger charge is 2.33. The molecule has 0 aromatic carbocycles. The van der Waals surface area contributed by atoms with Crippen LogP contribution in [0.3, 0.4) is 0 Å². The van der Waals surface area contributed by atoms with Crippen LogP contribution in [-0.4, -0.2) is 40.0 Å². The summed E-state index contributed by atoms with van der Waals surface area (Å²) in [4.78, 5) is 25.1. The molecule has 1 atom stereocenters. The second-order valence-electron chi connectivity index (χ2n) is 4.26. The Kier molecular flexibility index (Phi) is 3.12. The lowest BCUT2D eigenvalue weighted by molar-refractivity contribution is -0.128. The van der Waals surface area contributed by atoms with Crippen LogP contribution in [-0.2, 0) is 9.59 Å². The summed E-state index contributed by atoms with van der Waals surface area (Å²) < 4.78 is 0. The van der Waals surface area contributed by atoms with E-state index in [-0.39, 0.29) is 17.7 Å². The van der Waals surface area contributed by atoms with Gasteiger partial charge in [-0.3, -0.25) is 14.7 Å². The number of nitrogens with one attached hydrogen (secondary N) is 2. The maximum absolute atomic E-state index is 11.9. The molecule has 0 aliphatic carbocycles. The molecule has 6 nitrogen and oxygen atoms in total. The number of anilines is 1. The predicted octanol–water partition coefficient (Wildman–Crippen LogP) is 0.525. The SMILES string of the molecule is CCN1CC(C(=O)Nc2cc(C)[nH]n2)CC1=O. The molecule has 0 bridgehead atoms. The molecular weight excluding hydrogens is 220 g/mol. The monoisotopic (exact) mass is 236 g/mol. The average Bonchev–Trinajstić information content (AvgIpc) is 2.85. The fraction of sp³-hybridized carbons (Fsp3) is 0.545. The Labute approximate surface area is 99.4 Å². The fourth-order valence-electron chi connectivity index (χ4n) is 1.96. The summed E-state index contributed by atoms with van der Waals surface area (Å²) in [6.07, 6.45) is 0.295. The van der Waals surface area contributed by atoms with Crippen LogP contribution in [0.15, 0.2) is 6.07 Å². The molecule has 1 aromatic heterocycles. The lowest BCUT2D eigenvalue weighted by Gasteiger charge is -2.12. The number of carbonyl (C=O) groups is 2.